The summed E-state index contributed by atoms with van der Waals surface area (Å²) in [5.41, 5.74) is -2.35. The number of carbonyl (C=O) groups is 1. The van der Waals surface area contributed by atoms with Gasteiger partial charge in [-0.05, 0) is 18.2 Å². The summed E-state index contributed by atoms with van der Waals surface area (Å²) in [5, 5.41) is 8.43. The summed E-state index contributed by atoms with van der Waals surface area (Å²) in [4.78, 5) is 14.7. The van der Waals surface area contributed by atoms with Gasteiger partial charge in [-0.15, -0.1) is 0 Å². The molecule has 2 N–H and O–H groups in total. The monoisotopic (exact) mass is 342 g/mol. The largest absolute Gasteiger partial charge is 0.475 e. The van der Waals surface area contributed by atoms with Crippen LogP contribution in [-0.2, 0) is 21.9 Å². The second-order valence-electron chi connectivity index (χ2n) is 4.53. The normalized spacial score (nSPS) is 18.4. The van der Waals surface area contributed by atoms with Crippen LogP contribution in [0.2, 0.25) is 0 Å². The average Bonchev–Trinajstić information content (AvgIpc) is 2.94. The summed E-state index contributed by atoms with van der Waals surface area (Å²) < 4.78 is 81.3. The van der Waals surface area contributed by atoms with Gasteiger partial charge in [-0.25, -0.2) is 10.5 Å². The summed E-state index contributed by atoms with van der Waals surface area (Å²) in [5.74, 6) is -1.54. The van der Waals surface area contributed by atoms with Crippen LogP contribution in [0.5, 0.6) is 0 Å². The van der Waals surface area contributed by atoms with E-state index >= 15 is 0 Å². The molecule has 0 fully saturated rings. The van der Waals surface area contributed by atoms with Crippen LogP contribution in [-0.4, -0.2) is 29.7 Å². The first-order valence-corrected chi connectivity index (χ1v) is 5.97. The van der Waals surface area contributed by atoms with Crippen molar-refractivity contribution in [2.24, 2.45) is 4.99 Å². The molecule has 0 saturated heterocycles. The van der Waals surface area contributed by atoms with Gasteiger partial charge in [0, 0.05) is 5.56 Å². The Morgan fingerprint density at radius 2 is 1.65 bits per heavy atom. The highest BCUT2D eigenvalue weighted by atomic mass is 19.4. The molecule has 5 nitrogen and oxygen atoms in total. The fourth-order valence-electron chi connectivity index (χ4n) is 1.82. The molecule has 1 amide bonds. The lowest BCUT2D eigenvalue weighted by molar-refractivity contribution is -0.143. The number of halogens is 6. The predicted molar refractivity (Wildman–Crippen MR) is 62.7 cm³/mol. The molecule has 1 aromatic carbocycles. The van der Waals surface area contributed by atoms with Crippen LogP contribution in [0.3, 0.4) is 0 Å². The molecule has 11 heteroatoms. The molecule has 1 atom stereocenters. The van der Waals surface area contributed by atoms with E-state index in [0.29, 0.717) is 12.1 Å². The van der Waals surface area contributed by atoms with Crippen molar-refractivity contribution in [1.29, 1.82) is 0 Å². The lowest BCUT2D eigenvalue weighted by atomic mass is 10.0. The Labute approximate surface area is 124 Å². The minimum absolute atomic E-state index is 0.0308. The van der Waals surface area contributed by atoms with E-state index in [1.54, 1.807) is 0 Å². The van der Waals surface area contributed by atoms with Crippen LogP contribution in [0.25, 0.3) is 0 Å². The molecule has 1 aromatic rings. The minimum atomic E-state index is -5.00. The number of nitrogens with zero attached hydrogens (tertiary/aromatic N) is 1. The molecule has 0 aromatic heterocycles. The van der Waals surface area contributed by atoms with Crippen molar-refractivity contribution in [3.8, 4) is 0 Å². The first kappa shape index (κ1) is 17.1. The van der Waals surface area contributed by atoms with E-state index in [2.05, 4.69) is 4.99 Å². The van der Waals surface area contributed by atoms with Crippen LogP contribution in [0.1, 0.15) is 16.7 Å². The van der Waals surface area contributed by atoms with E-state index < -0.39 is 53.5 Å². The number of alkyl halides is 6. The maximum atomic E-state index is 12.7. The Bertz CT molecular complexity index is 621. The number of benzene rings is 1. The number of ether oxygens (including phenoxy) is 1. The number of amides is 1. The summed E-state index contributed by atoms with van der Waals surface area (Å²) in [6.07, 6.45) is -10.0. The Morgan fingerprint density at radius 1 is 1.13 bits per heavy atom. The maximum Gasteiger partial charge on any atom is 0.416 e. The van der Waals surface area contributed by atoms with Crippen molar-refractivity contribution in [3.05, 3.63) is 34.9 Å². The van der Waals surface area contributed by atoms with Gasteiger partial charge in [0.1, 0.15) is 6.61 Å². The fourth-order valence-corrected chi connectivity index (χ4v) is 1.82. The second-order valence-corrected chi connectivity index (χ2v) is 4.53. The Morgan fingerprint density at radius 3 is 2.09 bits per heavy atom. The molecule has 0 saturated carbocycles. The summed E-state index contributed by atoms with van der Waals surface area (Å²) in [7, 11) is 0. The molecule has 0 aliphatic carbocycles. The quantitative estimate of drug-likeness (QED) is 0.492. The maximum absolute atomic E-state index is 12.7. The van der Waals surface area contributed by atoms with Gasteiger partial charge in [-0.3, -0.25) is 10.0 Å². The second kappa shape index (κ2) is 5.72. The number of hydrogen-bond donors (Lipinski definition) is 2. The Kier molecular flexibility index (Phi) is 4.24. The van der Waals surface area contributed by atoms with Crippen LogP contribution < -0.4 is 5.48 Å². The summed E-state index contributed by atoms with van der Waals surface area (Å²) in [6, 6.07) is -0.420. The Balaban J connectivity index is 2.49. The predicted octanol–water partition coefficient (Wildman–Crippen LogP) is 2.38. The first-order valence-electron chi connectivity index (χ1n) is 5.97. The molecular formula is C12H8F6N2O3. The van der Waals surface area contributed by atoms with E-state index in [0.717, 1.165) is 0 Å². The molecule has 1 aliphatic heterocycles. The van der Waals surface area contributed by atoms with Gasteiger partial charge in [0.2, 0.25) is 5.90 Å². The number of hydroxylamine groups is 1. The van der Waals surface area contributed by atoms with E-state index in [1.165, 1.54) is 5.48 Å². The lowest BCUT2D eigenvalue weighted by Crippen LogP contribution is -2.31. The van der Waals surface area contributed by atoms with Gasteiger partial charge >= 0.3 is 12.4 Å². The van der Waals surface area contributed by atoms with E-state index in [4.69, 9.17) is 9.94 Å². The molecule has 0 spiro atoms. The molecule has 1 aliphatic rings. The highest BCUT2D eigenvalue weighted by Gasteiger charge is 2.38. The first-order chi connectivity index (χ1) is 10.5. The van der Waals surface area contributed by atoms with Gasteiger partial charge in [-0.2, -0.15) is 26.3 Å². The van der Waals surface area contributed by atoms with Gasteiger partial charge < -0.3 is 4.74 Å². The summed E-state index contributed by atoms with van der Waals surface area (Å²) in [6.45, 7) is -0.417. The third-order valence-electron chi connectivity index (χ3n) is 2.90. The third-order valence-corrected chi connectivity index (χ3v) is 2.90. The van der Waals surface area contributed by atoms with Crippen LogP contribution in [0.15, 0.2) is 23.2 Å². The topological polar surface area (TPSA) is 70.9 Å². The molecule has 23 heavy (non-hydrogen) atoms. The summed E-state index contributed by atoms with van der Waals surface area (Å²) >= 11 is 0. The third kappa shape index (κ3) is 3.73. The van der Waals surface area contributed by atoms with Crippen molar-refractivity contribution in [1.82, 2.24) is 5.48 Å². The van der Waals surface area contributed by atoms with E-state index in [9.17, 15) is 31.1 Å². The van der Waals surface area contributed by atoms with Crippen LogP contribution in [0.4, 0.5) is 26.3 Å². The SMILES string of the molecule is O=C(NO)[C@H]1COC(c2cc(C(F)(F)F)cc(C(F)(F)F)c2)=N1. The van der Waals surface area contributed by atoms with E-state index in [-0.39, 0.29) is 6.07 Å². The van der Waals surface area contributed by atoms with Crippen molar-refractivity contribution in [2.45, 2.75) is 18.4 Å². The Hall–Kier alpha value is -2.30. The van der Waals surface area contributed by atoms with Gasteiger partial charge in [-0.1, -0.05) is 0 Å². The number of aliphatic imine (C=N–C) groups is 1. The van der Waals surface area contributed by atoms with Crippen molar-refractivity contribution < 1.29 is 41.1 Å². The average molecular weight is 342 g/mol. The molecule has 0 radical (unpaired) electrons. The zero-order valence-corrected chi connectivity index (χ0v) is 11.0. The van der Waals surface area contributed by atoms with Gasteiger partial charge in [0.05, 0.1) is 11.1 Å². The van der Waals surface area contributed by atoms with Crippen LogP contribution >= 0.6 is 0 Å². The van der Waals surface area contributed by atoms with Crippen molar-refractivity contribution >= 4 is 11.8 Å². The molecule has 126 valence electrons. The standard InChI is InChI=1S/C12H8F6N2O3/c13-11(14,15)6-1-5(2-7(3-6)12(16,17)18)10-19-8(4-23-10)9(21)20-22/h1-3,8,22H,4H2,(H,20,21)/t8-/m1/s1. The number of hydrogen-bond acceptors (Lipinski definition) is 4. The molecule has 2 rings (SSSR count). The zero-order valence-electron chi connectivity index (χ0n) is 11.0. The lowest BCUT2D eigenvalue weighted by Gasteiger charge is -2.13. The highest BCUT2D eigenvalue weighted by molar-refractivity contribution is 5.98. The van der Waals surface area contributed by atoms with Crippen LogP contribution in [0, 0.1) is 0 Å². The van der Waals surface area contributed by atoms with E-state index in [1.807, 2.05) is 0 Å². The van der Waals surface area contributed by atoms with Crippen molar-refractivity contribution in [2.75, 3.05) is 6.61 Å². The molecule has 0 unspecified atom stereocenters. The molecule has 0 bridgehead atoms. The van der Waals surface area contributed by atoms with Gasteiger partial charge in [0.25, 0.3) is 5.91 Å². The smallest absolute Gasteiger partial charge is 0.416 e. The number of nitrogens with one attached hydrogen (secondary N) is 1. The number of carbonyl (C=O) groups excluding carboxylic acids is 1. The molecule has 1 heterocycles. The van der Waals surface area contributed by atoms with Crippen molar-refractivity contribution in [3.63, 3.8) is 0 Å². The fraction of sp³-hybridized carbons (Fsp3) is 0.333. The zero-order chi connectivity index (χ0) is 17.4. The number of rotatable bonds is 2. The highest BCUT2D eigenvalue weighted by Crippen LogP contribution is 2.36. The van der Waals surface area contributed by atoms with Gasteiger partial charge in [0.15, 0.2) is 6.04 Å². The minimum Gasteiger partial charge on any atom is -0.475 e. The molecular weight excluding hydrogens is 334 g/mol.